The van der Waals surface area contributed by atoms with Crippen LogP contribution in [0.5, 0.6) is 0 Å². The third kappa shape index (κ3) is 2.81. The Morgan fingerprint density at radius 3 is 1.93 bits per heavy atom. The summed E-state index contributed by atoms with van der Waals surface area (Å²) in [4.78, 5) is 4.96. The first kappa shape index (κ1) is 15.6. The Bertz CT molecular complexity index is 1210. The summed E-state index contributed by atoms with van der Waals surface area (Å²) in [5, 5.41) is 0. The van der Waals surface area contributed by atoms with E-state index in [2.05, 4.69) is 89.5 Å². The third-order valence-electron chi connectivity index (χ3n) is 4.82. The van der Waals surface area contributed by atoms with Gasteiger partial charge in [-0.15, -0.1) is 0 Å². The maximum absolute atomic E-state index is 4.96. The van der Waals surface area contributed by atoms with E-state index in [4.69, 9.17) is 4.98 Å². The minimum absolute atomic E-state index is 0.955. The van der Waals surface area contributed by atoms with Gasteiger partial charge in [-0.1, -0.05) is 84.9 Å². The van der Waals surface area contributed by atoms with Gasteiger partial charge in [0, 0.05) is 17.3 Å². The van der Waals surface area contributed by atoms with Crippen LogP contribution in [0.15, 0.2) is 109 Å². The van der Waals surface area contributed by atoms with E-state index in [1.807, 2.05) is 24.3 Å². The van der Waals surface area contributed by atoms with Gasteiger partial charge in [0.2, 0.25) is 0 Å². The molecule has 0 N–H and O–H groups in total. The number of nitrogens with zero attached hydrogens (tertiary/aromatic N) is 2. The topological polar surface area (TPSA) is 17.3 Å². The quantitative estimate of drug-likeness (QED) is 0.373. The highest BCUT2D eigenvalue weighted by atomic mass is 15.0. The maximum atomic E-state index is 4.96. The molecule has 0 amide bonds. The SMILES string of the molecule is c1ccc(-c2cccc(-c3nc4ccccn4c3-c3ccccc3)c2)cc1. The van der Waals surface area contributed by atoms with Crippen molar-refractivity contribution in [3.63, 3.8) is 0 Å². The van der Waals surface area contributed by atoms with Gasteiger partial charge >= 0.3 is 0 Å². The lowest BCUT2D eigenvalue weighted by Crippen LogP contribution is -1.89. The van der Waals surface area contributed by atoms with E-state index in [1.165, 1.54) is 11.1 Å². The Morgan fingerprint density at radius 2 is 1.15 bits per heavy atom. The lowest BCUT2D eigenvalue weighted by molar-refractivity contribution is 1.19. The molecule has 0 saturated carbocycles. The van der Waals surface area contributed by atoms with Crippen molar-refractivity contribution in [2.75, 3.05) is 0 Å². The molecular formula is C25H18N2. The summed E-state index contributed by atoms with van der Waals surface area (Å²) >= 11 is 0. The number of benzene rings is 3. The number of hydrogen-bond donors (Lipinski definition) is 0. The summed E-state index contributed by atoms with van der Waals surface area (Å²) in [7, 11) is 0. The molecule has 2 aromatic heterocycles. The Hall–Kier alpha value is -3.65. The minimum Gasteiger partial charge on any atom is -0.299 e. The molecule has 0 bridgehead atoms. The molecule has 2 nitrogen and oxygen atoms in total. The molecule has 0 spiro atoms. The summed E-state index contributed by atoms with van der Waals surface area (Å²) in [6.45, 7) is 0. The predicted octanol–water partition coefficient (Wildman–Crippen LogP) is 6.34. The average molecular weight is 346 g/mol. The normalized spacial score (nSPS) is 11.0. The van der Waals surface area contributed by atoms with Gasteiger partial charge in [-0.3, -0.25) is 4.40 Å². The van der Waals surface area contributed by atoms with E-state index in [-0.39, 0.29) is 0 Å². The fourth-order valence-electron chi connectivity index (χ4n) is 3.55. The largest absolute Gasteiger partial charge is 0.299 e. The van der Waals surface area contributed by atoms with Crippen molar-refractivity contribution in [1.82, 2.24) is 9.38 Å². The van der Waals surface area contributed by atoms with Crippen molar-refractivity contribution in [2.45, 2.75) is 0 Å². The summed E-state index contributed by atoms with van der Waals surface area (Å²) in [6.07, 6.45) is 2.08. The molecule has 0 aliphatic rings. The highest BCUT2D eigenvalue weighted by molar-refractivity contribution is 5.84. The zero-order valence-electron chi connectivity index (χ0n) is 14.8. The van der Waals surface area contributed by atoms with E-state index in [0.29, 0.717) is 0 Å². The lowest BCUT2D eigenvalue weighted by Gasteiger charge is -2.08. The van der Waals surface area contributed by atoms with Crippen LogP contribution in [0.2, 0.25) is 0 Å². The Morgan fingerprint density at radius 1 is 0.519 bits per heavy atom. The molecule has 0 atom stereocenters. The standard InChI is InChI=1S/C25H18N2/c1-3-10-19(11-4-1)21-14-9-15-22(18-21)24-25(20-12-5-2-6-13-20)27-17-8-7-16-23(27)26-24/h1-18H. The van der Waals surface area contributed by atoms with Crippen LogP contribution in [-0.4, -0.2) is 9.38 Å². The van der Waals surface area contributed by atoms with Crippen LogP contribution in [0.25, 0.3) is 39.3 Å². The molecule has 5 aromatic rings. The Labute approximate surface area is 158 Å². The summed E-state index contributed by atoms with van der Waals surface area (Å²) < 4.78 is 2.17. The maximum Gasteiger partial charge on any atom is 0.137 e. The molecule has 3 aromatic carbocycles. The Kier molecular flexibility index (Phi) is 3.80. The van der Waals surface area contributed by atoms with Gasteiger partial charge in [-0.05, 0) is 29.3 Å². The van der Waals surface area contributed by atoms with Crippen LogP contribution in [0, 0.1) is 0 Å². The number of pyridine rings is 1. The minimum atomic E-state index is 0.955. The van der Waals surface area contributed by atoms with Crippen molar-refractivity contribution in [1.29, 1.82) is 0 Å². The van der Waals surface area contributed by atoms with Crippen LogP contribution < -0.4 is 0 Å². The summed E-state index contributed by atoms with van der Waals surface area (Å²) in [6, 6.07) is 35.7. The zero-order chi connectivity index (χ0) is 18.1. The molecule has 2 heteroatoms. The van der Waals surface area contributed by atoms with Gasteiger partial charge in [-0.25, -0.2) is 4.98 Å². The van der Waals surface area contributed by atoms with E-state index in [1.54, 1.807) is 0 Å². The van der Waals surface area contributed by atoms with Gasteiger partial charge in [0.1, 0.15) is 5.65 Å². The van der Waals surface area contributed by atoms with Crippen LogP contribution >= 0.6 is 0 Å². The average Bonchev–Trinajstić information content (AvgIpc) is 3.15. The molecular weight excluding hydrogens is 328 g/mol. The zero-order valence-corrected chi connectivity index (χ0v) is 14.8. The van der Waals surface area contributed by atoms with E-state index < -0.39 is 0 Å². The highest BCUT2D eigenvalue weighted by Gasteiger charge is 2.15. The molecule has 0 saturated heterocycles. The molecule has 128 valence electrons. The van der Waals surface area contributed by atoms with E-state index in [9.17, 15) is 0 Å². The number of aromatic nitrogens is 2. The Balaban J connectivity index is 1.75. The van der Waals surface area contributed by atoms with Crippen molar-refractivity contribution in [3.8, 4) is 33.6 Å². The second-order valence-electron chi connectivity index (χ2n) is 6.55. The van der Waals surface area contributed by atoms with Gasteiger partial charge in [0.15, 0.2) is 0 Å². The summed E-state index contributed by atoms with van der Waals surface area (Å²) in [5.74, 6) is 0. The van der Waals surface area contributed by atoms with Gasteiger partial charge in [-0.2, -0.15) is 0 Å². The second-order valence-corrected chi connectivity index (χ2v) is 6.55. The smallest absolute Gasteiger partial charge is 0.137 e. The van der Waals surface area contributed by atoms with E-state index >= 15 is 0 Å². The van der Waals surface area contributed by atoms with Crippen LogP contribution in [0.4, 0.5) is 0 Å². The number of rotatable bonds is 3. The number of hydrogen-bond acceptors (Lipinski definition) is 1. The van der Waals surface area contributed by atoms with Crippen molar-refractivity contribution < 1.29 is 0 Å². The monoisotopic (exact) mass is 346 g/mol. The third-order valence-corrected chi connectivity index (χ3v) is 4.82. The molecule has 0 aliphatic heterocycles. The fraction of sp³-hybridized carbons (Fsp3) is 0. The van der Waals surface area contributed by atoms with Gasteiger partial charge in [0.25, 0.3) is 0 Å². The fourth-order valence-corrected chi connectivity index (χ4v) is 3.55. The van der Waals surface area contributed by atoms with Crippen LogP contribution in [0.3, 0.4) is 0 Å². The van der Waals surface area contributed by atoms with Crippen LogP contribution in [0.1, 0.15) is 0 Å². The second kappa shape index (κ2) is 6.58. The first-order chi connectivity index (χ1) is 13.4. The van der Waals surface area contributed by atoms with Crippen LogP contribution in [-0.2, 0) is 0 Å². The first-order valence-corrected chi connectivity index (χ1v) is 9.08. The highest BCUT2D eigenvalue weighted by Crippen LogP contribution is 2.34. The lowest BCUT2D eigenvalue weighted by atomic mass is 9.99. The van der Waals surface area contributed by atoms with Gasteiger partial charge < -0.3 is 0 Å². The molecule has 0 unspecified atom stereocenters. The number of fused-ring (bicyclic) bond motifs is 1. The van der Waals surface area contributed by atoms with E-state index in [0.717, 1.165) is 28.2 Å². The first-order valence-electron chi connectivity index (χ1n) is 9.08. The molecule has 2 heterocycles. The molecule has 0 radical (unpaired) electrons. The van der Waals surface area contributed by atoms with Crippen molar-refractivity contribution in [3.05, 3.63) is 109 Å². The molecule has 0 aliphatic carbocycles. The molecule has 5 rings (SSSR count). The van der Waals surface area contributed by atoms with Crippen molar-refractivity contribution >= 4 is 5.65 Å². The van der Waals surface area contributed by atoms with Crippen molar-refractivity contribution in [2.24, 2.45) is 0 Å². The predicted molar refractivity (Wildman–Crippen MR) is 112 cm³/mol. The molecule has 0 fully saturated rings. The molecule has 27 heavy (non-hydrogen) atoms. The van der Waals surface area contributed by atoms with Gasteiger partial charge in [0.05, 0.1) is 11.4 Å². The number of imidazole rings is 1. The summed E-state index contributed by atoms with van der Waals surface area (Å²) in [5.41, 5.74) is 7.78.